The second-order valence-electron chi connectivity index (χ2n) is 4.55. The van der Waals surface area contributed by atoms with Crippen molar-refractivity contribution >= 4 is 28.9 Å². The number of ether oxygens (including phenoxy) is 1. The first kappa shape index (κ1) is 16.1. The van der Waals surface area contributed by atoms with Gasteiger partial charge >= 0.3 is 0 Å². The lowest BCUT2D eigenvalue weighted by atomic mass is 10.2. The molecule has 0 unspecified atom stereocenters. The first-order valence-corrected chi connectivity index (χ1v) is 7.09. The van der Waals surface area contributed by atoms with Crippen LogP contribution in [0.3, 0.4) is 0 Å². The Morgan fingerprint density at radius 1 is 1.27 bits per heavy atom. The molecule has 4 nitrogen and oxygen atoms in total. The van der Waals surface area contributed by atoms with Crippen LogP contribution in [-0.2, 0) is 4.79 Å². The molecule has 0 fully saturated rings. The van der Waals surface area contributed by atoms with E-state index in [4.69, 9.17) is 16.3 Å². The predicted octanol–water partition coefficient (Wildman–Crippen LogP) is 3.93. The summed E-state index contributed by atoms with van der Waals surface area (Å²) in [4.78, 5) is 11.8. The number of hydrogen-bond acceptors (Lipinski definition) is 3. The molecule has 0 aliphatic heterocycles. The highest BCUT2D eigenvalue weighted by molar-refractivity contribution is 6.32. The SMILES string of the molecule is COc1ccc(NCCC(=O)Nc2ccccc2F)cc1Cl. The normalized spacial score (nSPS) is 10.1. The molecule has 0 aliphatic rings. The number of amides is 1. The van der Waals surface area contributed by atoms with Crippen LogP contribution in [-0.4, -0.2) is 19.6 Å². The maximum Gasteiger partial charge on any atom is 0.226 e. The van der Waals surface area contributed by atoms with E-state index in [1.54, 1.807) is 37.4 Å². The number of carbonyl (C=O) groups is 1. The van der Waals surface area contributed by atoms with Crippen molar-refractivity contribution in [3.8, 4) is 5.75 Å². The number of halogens is 2. The van der Waals surface area contributed by atoms with Crippen molar-refractivity contribution in [3.05, 3.63) is 53.3 Å². The molecular weight excluding hydrogens is 307 g/mol. The Bertz CT molecular complexity index is 664. The van der Waals surface area contributed by atoms with Gasteiger partial charge in [0.15, 0.2) is 0 Å². The third-order valence-corrected chi connectivity index (χ3v) is 3.28. The van der Waals surface area contributed by atoms with E-state index in [9.17, 15) is 9.18 Å². The van der Waals surface area contributed by atoms with Gasteiger partial charge in [-0.15, -0.1) is 0 Å². The molecule has 0 saturated heterocycles. The fraction of sp³-hybridized carbons (Fsp3) is 0.188. The fourth-order valence-corrected chi connectivity index (χ4v) is 2.13. The molecule has 2 aromatic carbocycles. The van der Waals surface area contributed by atoms with E-state index in [2.05, 4.69) is 10.6 Å². The number of nitrogens with one attached hydrogen (secondary N) is 2. The molecule has 2 aromatic rings. The van der Waals surface area contributed by atoms with Crippen LogP contribution in [0.25, 0.3) is 0 Å². The van der Waals surface area contributed by atoms with E-state index >= 15 is 0 Å². The van der Waals surface area contributed by atoms with Gasteiger partial charge in [-0.05, 0) is 30.3 Å². The van der Waals surface area contributed by atoms with Crippen molar-refractivity contribution in [1.82, 2.24) is 0 Å². The van der Waals surface area contributed by atoms with E-state index in [1.165, 1.54) is 12.1 Å². The maximum atomic E-state index is 13.4. The Labute approximate surface area is 133 Å². The first-order chi connectivity index (χ1) is 10.6. The van der Waals surface area contributed by atoms with Gasteiger partial charge < -0.3 is 15.4 Å². The maximum absolute atomic E-state index is 13.4. The summed E-state index contributed by atoms with van der Waals surface area (Å²) in [5.74, 6) is -0.132. The molecule has 0 radical (unpaired) electrons. The number of rotatable bonds is 6. The van der Waals surface area contributed by atoms with E-state index in [-0.39, 0.29) is 18.0 Å². The Hall–Kier alpha value is -2.27. The van der Waals surface area contributed by atoms with Gasteiger partial charge in [0.2, 0.25) is 5.91 Å². The summed E-state index contributed by atoms with van der Waals surface area (Å²) >= 11 is 6.01. The van der Waals surface area contributed by atoms with Gasteiger partial charge in [0, 0.05) is 18.7 Å². The Balaban J connectivity index is 1.82. The highest BCUT2D eigenvalue weighted by Gasteiger charge is 2.06. The monoisotopic (exact) mass is 322 g/mol. The van der Waals surface area contributed by atoms with Gasteiger partial charge in [0.1, 0.15) is 11.6 Å². The van der Waals surface area contributed by atoms with Crippen LogP contribution in [0.5, 0.6) is 5.75 Å². The van der Waals surface area contributed by atoms with Crippen molar-refractivity contribution < 1.29 is 13.9 Å². The van der Waals surface area contributed by atoms with Crippen molar-refractivity contribution in [1.29, 1.82) is 0 Å². The Morgan fingerprint density at radius 3 is 2.73 bits per heavy atom. The molecule has 22 heavy (non-hydrogen) atoms. The van der Waals surface area contributed by atoms with Gasteiger partial charge in [0.05, 0.1) is 17.8 Å². The summed E-state index contributed by atoms with van der Waals surface area (Å²) in [6.07, 6.45) is 0.206. The summed E-state index contributed by atoms with van der Waals surface area (Å²) < 4.78 is 18.5. The Kier molecular flexibility index (Phi) is 5.61. The third kappa shape index (κ3) is 4.36. The zero-order valence-corrected chi connectivity index (χ0v) is 12.8. The molecular formula is C16H16ClFN2O2. The number of hydrogen-bond donors (Lipinski definition) is 2. The van der Waals surface area contributed by atoms with Crippen molar-refractivity contribution in [2.75, 3.05) is 24.3 Å². The molecule has 0 aromatic heterocycles. The predicted molar refractivity (Wildman–Crippen MR) is 86.1 cm³/mol. The number of anilines is 2. The second kappa shape index (κ2) is 7.66. The number of carbonyl (C=O) groups excluding carboxylic acids is 1. The average Bonchev–Trinajstić information content (AvgIpc) is 2.50. The lowest BCUT2D eigenvalue weighted by Gasteiger charge is -2.09. The standard InChI is InChI=1S/C16H16ClFN2O2/c1-22-15-7-6-11(10-12(15)17)19-9-8-16(21)20-14-5-3-2-4-13(14)18/h2-7,10,19H,8-9H2,1H3,(H,20,21). The molecule has 1 amide bonds. The molecule has 0 aliphatic carbocycles. The molecule has 6 heteroatoms. The van der Waals surface area contributed by atoms with Gasteiger partial charge in [-0.3, -0.25) is 4.79 Å². The summed E-state index contributed by atoms with van der Waals surface area (Å²) in [6.45, 7) is 0.406. The largest absolute Gasteiger partial charge is 0.495 e. The lowest BCUT2D eigenvalue weighted by molar-refractivity contribution is -0.116. The molecule has 0 saturated carbocycles. The van der Waals surface area contributed by atoms with Gasteiger partial charge in [-0.1, -0.05) is 23.7 Å². The van der Waals surface area contributed by atoms with Crippen LogP contribution in [0.15, 0.2) is 42.5 Å². The van der Waals surface area contributed by atoms with Crippen LogP contribution in [0.2, 0.25) is 5.02 Å². The molecule has 0 spiro atoms. The quantitative estimate of drug-likeness (QED) is 0.847. The van der Waals surface area contributed by atoms with Crippen LogP contribution in [0, 0.1) is 5.82 Å². The molecule has 0 heterocycles. The second-order valence-corrected chi connectivity index (χ2v) is 4.96. The zero-order valence-electron chi connectivity index (χ0n) is 12.0. The summed E-state index contributed by atoms with van der Waals surface area (Å²) in [6, 6.07) is 11.3. The van der Waals surface area contributed by atoms with Crippen LogP contribution < -0.4 is 15.4 Å². The van der Waals surface area contributed by atoms with E-state index in [0.717, 1.165) is 5.69 Å². The summed E-state index contributed by atoms with van der Waals surface area (Å²) in [5.41, 5.74) is 0.962. The number of para-hydroxylation sites is 1. The third-order valence-electron chi connectivity index (χ3n) is 2.98. The minimum atomic E-state index is -0.453. The average molecular weight is 323 g/mol. The number of methoxy groups -OCH3 is 1. The molecule has 2 N–H and O–H groups in total. The molecule has 0 bridgehead atoms. The van der Waals surface area contributed by atoms with E-state index in [0.29, 0.717) is 17.3 Å². The summed E-state index contributed by atoms with van der Waals surface area (Å²) in [5, 5.41) is 6.09. The van der Waals surface area contributed by atoms with E-state index < -0.39 is 5.82 Å². The van der Waals surface area contributed by atoms with Crippen LogP contribution in [0.1, 0.15) is 6.42 Å². The highest BCUT2D eigenvalue weighted by atomic mass is 35.5. The molecule has 116 valence electrons. The van der Waals surface area contributed by atoms with Crippen molar-refractivity contribution in [2.24, 2.45) is 0 Å². The Morgan fingerprint density at radius 2 is 2.05 bits per heavy atom. The minimum absolute atomic E-state index is 0.181. The molecule has 2 rings (SSSR count). The molecule has 0 atom stereocenters. The van der Waals surface area contributed by atoms with E-state index in [1.807, 2.05) is 0 Å². The van der Waals surface area contributed by atoms with Crippen molar-refractivity contribution in [2.45, 2.75) is 6.42 Å². The lowest BCUT2D eigenvalue weighted by Crippen LogP contribution is -2.16. The first-order valence-electron chi connectivity index (χ1n) is 6.72. The van der Waals surface area contributed by atoms with Crippen molar-refractivity contribution in [3.63, 3.8) is 0 Å². The van der Waals surface area contributed by atoms with Gasteiger partial charge in [-0.2, -0.15) is 0 Å². The topological polar surface area (TPSA) is 50.4 Å². The zero-order chi connectivity index (χ0) is 15.9. The van der Waals surface area contributed by atoms with Crippen LogP contribution >= 0.6 is 11.6 Å². The number of benzene rings is 2. The highest BCUT2D eigenvalue weighted by Crippen LogP contribution is 2.27. The minimum Gasteiger partial charge on any atom is -0.495 e. The van der Waals surface area contributed by atoms with Crippen LogP contribution in [0.4, 0.5) is 15.8 Å². The summed E-state index contributed by atoms with van der Waals surface area (Å²) in [7, 11) is 1.54. The smallest absolute Gasteiger partial charge is 0.226 e. The fourth-order valence-electron chi connectivity index (χ4n) is 1.87. The van der Waals surface area contributed by atoms with Gasteiger partial charge in [0.25, 0.3) is 0 Å². The van der Waals surface area contributed by atoms with Gasteiger partial charge in [-0.25, -0.2) is 4.39 Å².